The Kier molecular flexibility index (Phi) is 3.38. The van der Waals surface area contributed by atoms with Crippen molar-refractivity contribution < 1.29 is 9.90 Å². The van der Waals surface area contributed by atoms with Crippen LogP contribution in [0.5, 0.6) is 0 Å². The predicted octanol–water partition coefficient (Wildman–Crippen LogP) is 0.738. The smallest absolute Gasteiger partial charge is 0.326 e. The Morgan fingerprint density at radius 3 is 2.61 bits per heavy atom. The molecule has 0 aliphatic heterocycles. The van der Waals surface area contributed by atoms with Crippen molar-refractivity contribution in [2.75, 3.05) is 6.54 Å². The zero-order chi connectivity index (χ0) is 13.3. The highest BCUT2D eigenvalue weighted by Crippen LogP contribution is 2.41. The number of carboxylic acid groups (broad SMARTS) is 1. The second-order valence-corrected chi connectivity index (χ2v) is 4.94. The van der Waals surface area contributed by atoms with E-state index in [0.29, 0.717) is 18.9 Å². The number of carboxylic acids is 1. The summed E-state index contributed by atoms with van der Waals surface area (Å²) in [4.78, 5) is 15.9. The minimum Gasteiger partial charge on any atom is -0.480 e. The Morgan fingerprint density at radius 1 is 1.56 bits per heavy atom. The van der Waals surface area contributed by atoms with E-state index in [1.807, 2.05) is 20.8 Å². The van der Waals surface area contributed by atoms with Crippen LogP contribution in [0.1, 0.15) is 31.4 Å². The molecule has 1 aromatic rings. The van der Waals surface area contributed by atoms with Crippen LogP contribution in [-0.2, 0) is 11.3 Å². The third kappa shape index (κ3) is 2.25. The third-order valence-corrected chi connectivity index (χ3v) is 3.51. The summed E-state index contributed by atoms with van der Waals surface area (Å²) >= 11 is 0. The molecule has 1 atom stereocenters. The molecular weight excluding hydrogens is 232 g/mol. The average molecular weight is 252 g/mol. The van der Waals surface area contributed by atoms with Gasteiger partial charge >= 0.3 is 5.97 Å². The van der Waals surface area contributed by atoms with Crippen molar-refractivity contribution in [2.45, 2.75) is 45.7 Å². The largest absolute Gasteiger partial charge is 0.480 e. The highest BCUT2D eigenvalue weighted by atomic mass is 16.4. The first kappa shape index (κ1) is 13.0. The molecule has 0 amide bonds. The Morgan fingerprint density at radius 2 is 2.22 bits per heavy atom. The molecule has 2 rings (SSSR count). The summed E-state index contributed by atoms with van der Waals surface area (Å²) in [6.07, 6.45) is 1.93. The van der Waals surface area contributed by atoms with E-state index in [2.05, 4.69) is 15.4 Å². The molecule has 6 nitrogen and oxygen atoms in total. The lowest BCUT2D eigenvalue weighted by molar-refractivity contribution is -0.146. The van der Waals surface area contributed by atoms with Crippen LogP contribution in [0.2, 0.25) is 0 Å². The van der Waals surface area contributed by atoms with Gasteiger partial charge in [-0.25, -0.2) is 9.67 Å². The first-order valence-corrected chi connectivity index (χ1v) is 6.36. The minimum atomic E-state index is -0.903. The maximum Gasteiger partial charge on any atom is 0.326 e. The van der Waals surface area contributed by atoms with E-state index in [1.54, 1.807) is 4.68 Å². The average Bonchev–Trinajstić information content (AvgIpc) is 3.06. The standard InChI is InChI=1S/C12H20N4O2/c1-4-13-12(11(17)18,10-5-6-10)7-16-9(3)14-8(2)15-16/h10,13H,4-7H2,1-3H3,(H,17,18). The van der Waals surface area contributed by atoms with Gasteiger partial charge in [0.25, 0.3) is 0 Å². The van der Waals surface area contributed by atoms with Crippen LogP contribution >= 0.6 is 0 Å². The molecule has 1 fully saturated rings. The molecule has 1 unspecified atom stereocenters. The molecule has 1 saturated carbocycles. The SMILES string of the molecule is CCNC(Cn1nc(C)nc1C)(C(=O)O)C1CC1. The number of aryl methyl sites for hydroxylation is 2. The summed E-state index contributed by atoms with van der Waals surface area (Å²) in [6.45, 7) is 6.57. The lowest BCUT2D eigenvalue weighted by atomic mass is 9.93. The van der Waals surface area contributed by atoms with Crippen molar-refractivity contribution in [2.24, 2.45) is 5.92 Å². The second kappa shape index (κ2) is 4.68. The topological polar surface area (TPSA) is 80.0 Å². The molecule has 0 saturated heterocycles. The van der Waals surface area contributed by atoms with Crippen LogP contribution in [0, 0.1) is 19.8 Å². The summed E-state index contributed by atoms with van der Waals surface area (Å²) in [5, 5.41) is 17.0. The number of hydrogen-bond acceptors (Lipinski definition) is 4. The molecule has 18 heavy (non-hydrogen) atoms. The predicted molar refractivity (Wildman–Crippen MR) is 66.3 cm³/mol. The van der Waals surface area contributed by atoms with E-state index in [-0.39, 0.29) is 5.92 Å². The van der Waals surface area contributed by atoms with Crippen molar-refractivity contribution in [3.63, 3.8) is 0 Å². The van der Waals surface area contributed by atoms with Gasteiger partial charge in [-0.3, -0.25) is 4.79 Å². The van der Waals surface area contributed by atoms with Gasteiger partial charge in [-0.2, -0.15) is 5.10 Å². The van der Waals surface area contributed by atoms with Gasteiger partial charge in [-0.15, -0.1) is 0 Å². The molecule has 1 aliphatic carbocycles. The zero-order valence-corrected chi connectivity index (χ0v) is 11.1. The van der Waals surface area contributed by atoms with Crippen LogP contribution in [0.25, 0.3) is 0 Å². The third-order valence-electron chi connectivity index (χ3n) is 3.51. The molecule has 1 aromatic heterocycles. The van der Waals surface area contributed by atoms with Gasteiger partial charge in [0.1, 0.15) is 17.2 Å². The van der Waals surface area contributed by atoms with E-state index < -0.39 is 11.5 Å². The minimum absolute atomic E-state index is 0.193. The maximum absolute atomic E-state index is 11.7. The second-order valence-electron chi connectivity index (χ2n) is 4.94. The molecule has 2 N–H and O–H groups in total. The Hall–Kier alpha value is -1.43. The monoisotopic (exact) mass is 252 g/mol. The number of nitrogens with one attached hydrogen (secondary N) is 1. The number of aliphatic carboxylic acids is 1. The van der Waals surface area contributed by atoms with Crippen LogP contribution in [-0.4, -0.2) is 37.9 Å². The summed E-state index contributed by atoms with van der Waals surface area (Å²) in [5.41, 5.74) is -0.903. The van der Waals surface area contributed by atoms with Crippen molar-refractivity contribution in [3.05, 3.63) is 11.6 Å². The molecule has 1 aliphatic rings. The molecule has 0 spiro atoms. The van der Waals surface area contributed by atoms with E-state index in [0.717, 1.165) is 18.7 Å². The Bertz CT molecular complexity index is 453. The first-order chi connectivity index (χ1) is 8.49. The van der Waals surface area contributed by atoms with Crippen LogP contribution in [0.15, 0.2) is 0 Å². The lowest BCUT2D eigenvalue weighted by Gasteiger charge is -2.30. The van der Waals surface area contributed by atoms with E-state index >= 15 is 0 Å². The first-order valence-electron chi connectivity index (χ1n) is 6.36. The fourth-order valence-corrected chi connectivity index (χ4v) is 2.49. The molecule has 1 heterocycles. The van der Waals surface area contributed by atoms with Crippen molar-refractivity contribution >= 4 is 5.97 Å². The molecule has 6 heteroatoms. The maximum atomic E-state index is 11.7. The summed E-state index contributed by atoms with van der Waals surface area (Å²) in [5.74, 6) is 0.842. The van der Waals surface area contributed by atoms with Gasteiger partial charge in [-0.05, 0) is 39.2 Å². The summed E-state index contributed by atoms with van der Waals surface area (Å²) < 4.78 is 1.70. The fraction of sp³-hybridized carbons (Fsp3) is 0.750. The zero-order valence-electron chi connectivity index (χ0n) is 11.1. The summed E-state index contributed by atoms with van der Waals surface area (Å²) in [7, 11) is 0. The Balaban J connectivity index is 2.29. The van der Waals surface area contributed by atoms with E-state index in [1.165, 1.54) is 0 Å². The molecular formula is C12H20N4O2. The summed E-state index contributed by atoms with van der Waals surface area (Å²) in [6, 6.07) is 0. The number of rotatable bonds is 6. The van der Waals surface area contributed by atoms with Crippen LogP contribution in [0.3, 0.4) is 0 Å². The van der Waals surface area contributed by atoms with Gasteiger partial charge in [0.2, 0.25) is 0 Å². The molecule has 0 radical (unpaired) electrons. The quantitative estimate of drug-likeness (QED) is 0.780. The molecule has 0 bridgehead atoms. The van der Waals surface area contributed by atoms with Gasteiger partial charge in [0, 0.05) is 0 Å². The highest BCUT2D eigenvalue weighted by molar-refractivity contribution is 5.79. The lowest BCUT2D eigenvalue weighted by Crippen LogP contribution is -2.57. The highest BCUT2D eigenvalue weighted by Gasteiger charge is 2.51. The number of nitrogens with zero attached hydrogens (tertiary/aromatic N) is 3. The van der Waals surface area contributed by atoms with Crippen LogP contribution < -0.4 is 5.32 Å². The number of hydrogen-bond donors (Lipinski definition) is 2. The molecule has 0 aromatic carbocycles. The van der Waals surface area contributed by atoms with Gasteiger partial charge in [-0.1, -0.05) is 6.92 Å². The number of likely N-dealkylation sites (N-methyl/N-ethyl adjacent to an activating group) is 1. The van der Waals surface area contributed by atoms with Crippen molar-refractivity contribution in [3.8, 4) is 0 Å². The van der Waals surface area contributed by atoms with Crippen molar-refractivity contribution in [1.29, 1.82) is 0 Å². The Labute approximate surface area is 106 Å². The fourth-order valence-electron chi connectivity index (χ4n) is 2.49. The van der Waals surface area contributed by atoms with Crippen molar-refractivity contribution in [1.82, 2.24) is 20.1 Å². The van der Waals surface area contributed by atoms with Gasteiger partial charge < -0.3 is 10.4 Å². The van der Waals surface area contributed by atoms with Crippen LogP contribution in [0.4, 0.5) is 0 Å². The van der Waals surface area contributed by atoms with Gasteiger partial charge in [0.15, 0.2) is 0 Å². The van der Waals surface area contributed by atoms with E-state index in [9.17, 15) is 9.90 Å². The van der Waals surface area contributed by atoms with Gasteiger partial charge in [0.05, 0.1) is 6.54 Å². The van der Waals surface area contributed by atoms with E-state index in [4.69, 9.17) is 0 Å². The number of aromatic nitrogens is 3. The number of carbonyl (C=O) groups is 1. The molecule has 100 valence electrons. The normalized spacial score (nSPS) is 18.6.